The first-order chi connectivity index (χ1) is 9.56. The Morgan fingerprint density at radius 2 is 1.85 bits per heavy atom. The standard InChI is InChI=1S/C18H32O2/c1-5-6-7-8-9-13-18(19)20-15-14-17(4)12-10-11-16(2)3/h11,14-15,17H,5-10,12-13H2,1-4H3/b15-14+. The Morgan fingerprint density at radius 3 is 2.50 bits per heavy atom. The highest BCUT2D eigenvalue weighted by molar-refractivity contribution is 5.69. The molecule has 0 rings (SSSR count). The van der Waals surface area contributed by atoms with Crippen LogP contribution in [0.5, 0.6) is 0 Å². The van der Waals surface area contributed by atoms with Crippen LogP contribution in [0.25, 0.3) is 0 Å². The van der Waals surface area contributed by atoms with Crippen molar-refractivity contribution in [3.05, 3.63) is 24.0 Å². The minimum absolute atomic E-state index is 0.103. The Kier molecular flexibility index (Phi) is 12.3. The number of esters is 1. The number of unbranched alkanes of at least 4 members (excludes halogenated alkanes) is 4. The van der Waals surface area contributed by atoms with Gasteiger partial charge in [-0.1, -0.05) is 51.2 Å². The normalized spacial score (nSPS) is 12.4. The predicted molar refractivity (Wildman–Crippen MR) is 86.4 cm³/mol. The van der Waals surface area contributed by atoms with Crippen LogP contribution in [0.15, 0.2) is 24.0 Å². The molecule has 116 valence electrons. The molecule has 0 spiro atoms. The third-order valence-electron chi connectivity index (χ3n) is 3.27. The van der Waals surface area contributed by atoms with Crippen LogP contribution >= 0.6 is 0 Å². The minimum Gasteiger partial charge on any atom is -0.435 e. The number of rotatable bonds is 11. The van der Waals surface area contributed by atoms with Gasteiger partial charge in [-0.05, 0) is 45.1 Å². The van der Waals surface area contributed by atoms with Gasteiger partial charge in [-0.2, -0.15) is 0 Å². The molecule has 0 bridgehead atoms. The van der Waals surface area contributed by atoms with Gasteiger partial charge in [0, 0.05) is 6.42 Å². The van der Waals surface area contributed by atoms with Gasteiger partial charge in [-0.25, -0.2) is 0 Å². The monoisotopic (exact) mass is 280 g/mol. The first kappa shape index (κ1) is 18.9. The predicted octanol–water partition coefficient (Wildman–Crippen LogP) is 5.79. The highest BCUT2D eigenvalue weighted by atomic mass is 16.5. The number of ether oxygens (including phenoxy) is 1. The molecule has 2 nitrogen and oxygen atoms in total. The molecule has 20 heavy (non-hydrogen) atoms. The summed E-state index contributed by atoms with van der Waals surface area (Å²) >= 11 is 0. The van der Waals surface area contributed by atoms with E-state index in [-0.39, 0.29) is 5.97 Å². The van der Waals surface area contributed by atoms with Crippen LogP contribution in [-0.4, -0.2) is 5.97 Å². The summed E-state index contributed by atoms with van der Waals surface area (Å²) in [5.41, 5.74) is 1.36. The van der Waals surface area contributed by atoms with E-state index in [1.54, 1.807) is 6.26 Å². The van der Waals surface area contributed by atoms with Crippen LogP contribution in [0.1, 0.15) is 79.1 Å². The molecule has 0 saturated carbocycles. The van der Waals surface area contributed by atoms with E-state index in [2.05, 4.69) is 33.8 Å². The molecule has 0 N–H and O–H groups in total. The Labute approximate surface area is 125 Å². The van der Waals surface area contributed by atoms with E-state index in [1.807, 2.05) is 6.08 Å². The van der Waals surface area contributed by atoms with Gasteiger partial charge in [0.2, 0.25) is 0 Å². The van der Waals surface area contributed by atoms with Crippen LogP contribution in [0.4, 0.5) is 0 Å². The lowest BCUT2D eigenvalue weighted by Gasteiger charge is -2.04. The van der Waals surface area contributed by atoms with Crippen molar-refractivity contribution in [1.29, 1.82) is 0 Å². The highest BCUT2D eigenvalue weighted by Crippen LogP contribution is 2.10. The third-order valence-corrected chi connectivity index (χ3v) is 3.27. The van der Waals surface area contributed by atoms with E-state index < -0.39 is 0 Å². The van der Waals surface area contributed by atoms with Crippen molar-refractivity contribution in [1.82, 2.24) is 0 Å². The fraction of sp³-hybridized carbons (Fsp3) is 0.722. The Morgan fingerprint density at radius 1 is 1.15 bits per heavy atom. The number of carbonyl (C=O) groups excluding carboxylic acids is 1. The maximum Gasteiger partial charge on any atom is 0.310 e. The lowest BCUT2D eigenvalue weighted by molar-refractivity contribution is -0.138. The molecule has 0 fully saturated rings. The molecule has 1 atom stereocenters. The van der Waals surface area contributed by atoms with Gasteiger partial charge in [0.15, 0.2) is 0 Å². The Hall–Kier alpha value is -1.05. The smallest absolute Gasteiger partial charge is 0.310 e. The molecule has 0 aliphatic heterocycles. The quantitative estimate of drug-likeness (QED) is 0.207. The molecule has 0 aromatic heterocycles. The molecule has 0 aliphatic rings. The fourth-order valence-corrected chi connectivity index (χ4v) is 1.91. The number of hydrogen-bond acceptors (Lipinski definition) is 2. The minimum atomic E-state index is -0.103. The van der Waals surface area contributed by atoms with E-state index >= 15 is 0 Å². The van der Waals surface area contributed by atoms with Crippen molar-refractivity contribution in [3.63, 3.8) is 0 Å². The number of carbonyl (C=O) groups is 1. The molecule has 0 radical (unpaired) electrons. The van der Waals surface area contributed by atoms with Gasteiger partial charge < -0.3 is 4.74 Å². The van der Waals surface area contributed by atoms with E-state index in [9.17, 15) is 4.79 Å². The maximum absolute atomic E-state index is 11.5. The number of allylic oxidation sites excluding steroid dienone is 3. The van der Waals surface area contributed by atoms with Crippen LogP contribution in [-0.2, 0) is 9.53 Å². The maximum atomic E-state index is 11.5. The van der Waals surface area contributed by atoms with E-state index in [4.69, 9.17) is 4.74 Å². The molecule has 0 amide bonds. The summed E-state index contributed by atoms with van der Waals surface area (Å²) in [5.74, 6) is 0.345. The van der Waals surface area contributed by atoms with Gasteiger partial charge >= 0.3 is 5.97 Å². The summed E-state index contributed by atoms with van der Waals surface area (Å²) in [7, 11) is 0. The summed E-state index contributed by atoms with van der Waals surface area (Å²) in [5, 5.41) is 0. The molecular weight excluding hydrogens is 248 g/mol. The zero-order valence-electron chi connectivity index (χ0n) is 13.8. The van der Waals surface area contributed by atoms with Gasteiger partial charge in [-0.3, -0.25) is 4.79 Å². The second kappa shape index (κ2) is 13.0. The van der Waals surface area contributed by atoms with Crippen molar-refractivity contribution in [2.75, 3.05) is 0 Å². The molecule has 0 saturated heterocycles. The highest BCUT2D eigenvalue weighted by Gasteiger charge is 2.01. The van der Waals surface area contributed by atoms with Crippen LogP contribution in [0, 0.1) is 5.92 Å². The van der Waals surface area contributed by atoms with Crippen LogP contribution < -0.4 is 0 Å². The summed E-state index contributed by atoms with van der Waals surface area (Å²) in [6.45, 7) is 8.57. The summed E-state index contributed by atoms with van der Waals surface area (Å²) < 4.78 is 5.11. The van der Waals surface area contributed by atoms with Gasteiger partial charge in [0.25, 0.3) is 0 Å². The Bertz CT molecular complexity index is 299. The number of hydrogen-bond donors (Lipinski definition) is 0. The largest absolute Gasteiger partial charge is 0.435 e. The summed E-state index contributed by atoms with van der Waals surface area (Å²) in [4.78, 5) is 11.5. The van der Waals surface area contributed by atoms with Crippen LogP contribution in [0.3, 0.4) is 0 Å². The Balaban J connectivity index is 3.61. The summed E-state index contributed by atoms with van der Waals surface area (Å²) in [6, 6.07) is 0. The van der Waals surface area contributed by atoms with E-state index in [0.717, 1.165) is 25.7 Å². The second-order valence-electron chi connectivity index (χ2n) is 5.82. The van der Waals surface area contributed by atoms with Crippen molar-refractivity contribution < 1.29 is 9.53 Å². The molecule has 0 aliphatic carbocycles. The average Bonchev–Trinajstić information content (AvgIpc) is 2.38. The lowest BCUT2D eigenvalue weighted by Crippen LogP contribution is -1.99. The zero-order chi connectivity index (χ0) is 15.2. The van der Waals surface area contributed by atoms with E-state index in [0.29, 0.717) is 12.3 Å². The average molecular weight is 280 g/mol. The summed E-state index contributed by atoms with van der Waals surface area (Å²) in [6.07, 6.45) is 14.3. The topological polar surface area (TPSA) is 26.3 Å². The van der Waals surface area contributed by atoms with Crippen molar-refractivity contribution in [3.8, 4) is 0 Å². The first-order valence-corrected chi connectivity index (χ1v) is 8.05. The first-order valence-electron chi connectivity index (χ1n) is 8.05. The molecule has 2 heteroatoms. The molecule has 0 heterocycles. The molecule has 0 aromatic rings. The second-order valence-corrected chi connectivity index (χ2v) is 5.82. The third kappa shape index (κ3) is 13.4. The van der Waals surface area contributed by atoms with Gasteiger partial charge in [0.1, 0.15) is 0 Å². The van der Waals surface area contributed by atoms with E-state index in [1.165, 1.54) is 24.8 Å². The van der Waals surface area contributed by atoms with Gasteiger partial charge in [-0.15, -0.1) is 0 Å². The zero-order valence-corrected chi connectivity index (χ0v) is 13.8. The fourth-order valence-electron chi connectivity index (χ4n) is 1.91. The molecular formula is C18H32O2. The van der Waals surface area contributed by atoms with Crippen molar-refractivity contribution in [2.45, 2.75) is 79.1 Å². The van der Waals surface area contributed by atoms with Gasteiger partial charge in [0.05, 0.1) is 6.26 Å². The van der Waals surface area contributed by atoms with Crippen molar-refractivity contribution in [2.24, 2.45) is 5.92 Å². The van der Waals surface area contributed by atoms with Crippen LogP contribution in [0.2, 0.25) is 0 Å². The lowest BCUT2D eigenvalue weighted by atomic mass is 10.1. The molecule has 0 aromatic carbocycles. The van der Waals surface area contributed by atoms with Crippen molar-refractivity contribution >= 4 is 5.97 Å². The molecule has 1 unspecified atom stereocenters. The SMILES string of the molecule is CCCCCCCC(=O)O/C=C/C(C)CCC=C(C)C.